The SMILES string of the molecule is COc1ccccc1-c1noc(CNc2ccccc2Sc2ccccc2)n1. The largest absolute Gasteiger partial charge is 0.496 e. The van der Waals surface area contributed by atoms with Crippen molar-refractivity contribution in [1.82, 2.24) is 10.1 Å². The summed E-state index contributed by atoms with van der Waals surface area (Å²) >= 11 is 1.71. The van der Waals surface area contributed by atoms with Crippen molar-refractivity contribution >= 4 is 17.4 Å². The number of aromatic nitrogens is 2. The first kappa shape index (κ1) is 18.1. The Morgan fingerprint density at radius 2 is 1.68 bits per heavy atom. The van der Waals surface area contributed by atoms with Gasteiger partial charge in [0.25, 0.3) is 0 Å². The van der Waals surface area contributed by atoms with E-state index in [1.807, 2.05) is 60.7 Å². The van der Waals surface area contributed by atoms with E-state index >= 15 is 0 Å². The Balaban J connectivity index is 1.48. The van der Waals surface area contributed by atoms with Crippen molar-refractivity contribution in [2.45, 2.75) is 16.3 Å². The van der Waals surface area contributed by atoms with E-state index in [0.717, 1.165) is 16.1 Å². The minimum absolute atomic E-state index is 0.439. The fourth-order valence-electron chi connectivity index (χ4n) is 2.75. The summed E-state index contributed by atoms with van der Waals surface area (Å²) in [6.07, 6.45) is 0. The zero-order valence-electron chi connectivity index (χ0n) is 15.3. The number of hydrogen-bond acceptors (Lipinski definition) is 6. The van der Waals surface area contributed by atoms with Crippen LogP contribution in [0.3, 0.4) is 0 Å². The van der Waals surface area contributed by atoms with Crippen LogP contribution in [0.4, 0.5) is 5.69 Å². The number of para-hydroxylation sites is 2. The van der Waals surface area contributed by atoms with Crippen LogP contribution in [0.1, 0.15) is 5.89 Å². The Hall–Kier alpha value is -3.25. The van der Waals surface area contributed by atoms with E-state index in [2.05, 4.69) is 33.7 Å². The molecular weight excluding hydrogens is 370 g/mol. The zero-order chi connectivity index (χ0) is 19.2. The molecular formula is C22H19N3O2S. The molecule has 1 N–H and O–H groups in total. The molecule has 1 heterocycles. The van der Waals surface area contributed by atoms with Gasteiger partial charge in [-0.3, -0.25) is 0 Å². The number of methoxy groups -OCH3 is 1. The van der Waals surface area contributed by atoms with Gasteiger partial charge in [0.05, 0.1) is 19.2 Å². The van der Waals surface area contributed by atoms with Crippen molar-refractivity contribution in [2.24, 2.45) is 0 Å². The molecule has 140 valence electrons. The van der Waals surface area contributed by atoms with E-state index in [0.29, 0.717) is 24.0 Å². The van der Waals surface area contributed by atoms with Gasteiger partial charge in [0, 0.05) is 15.5 Å². The summed E-state index contributed by atoms with van der Waals surface area (Å²) in [7, 11) is 1.63. The summed E-state index contributed by atoms with van der Waals surface area (Å²) in [5.41, 5.74) is 1.83. The van der Waals surface area contributed by atoms with Crippen LogP contribution < -0.4 is 10.1 Å². The monoisotopic (exact) mass is 389 g/mol. The fourth-order valence-corrected chi connectivity index (χ4v) is 3.70. The highest BCUT2D eigenvalue weighted by Crippen LogP contribution is 2.33. The second-order valence-corrected chi connectivity index (χ2v) is 7.09. The molecule has 0 bridgehead atoms. The number of rotatable bonds is 7. The molecule has 4 aromatic rings. The Morgan fingerprint density at radius 1 is 0.929 bits per heavy atom. The summed E-state index contributed by atoms with van der Waals surface area (Å²) in [5.74, 6) is 1.74. The first-order valence-corrected chi connectivity index (χ1v) is 9.67. The van der Waals surface area contributed by atoms with Gasteiger partial charge in [-0.05, 0) is 36.4 Å². The lowest BCUT2D eigenvalue weighted by Gasteiger charge is -2.10. The molecule has 4 rings (SSSR count). The lowest BCUT2D eigenvalue weighted by Crippen LogP contribution is -2.01. The predicted octanol–water partition coefficient (Wildman–Crippen LogP) is 5.51. The van der Waals surface area contributed by atoms with Crippen LogP contribution in [0, 0.1) is 0 Å². The lowest BCUT2D eigenvalue weighted by molar-refractivity contribution is 0.383. The summed E-state index contributed by atoms with van der Waals surface area (Å²) < 4.78 is 10.8. The Morgan fingerprint density at radius 3 is 2.54 bits per heavy atom. The minimum atomic E-state index is 0.439. The normalized spacial score (nSPS) is 10.6. The minimum Gasteiger partial charge on any atom is -0.496 e. The lowest BCUT2D eigenvalue weighted by atomic mass is 10.2. The average Bonchev–Trinajstić information content (AvgIpc) is 3.23. The Labute approximate surface area is 167 Å². The maximum atomic E-state index is 5.41. The molecule has 3 aromatic carbocycles. The third kappa shape index (κ3) is 4.18. The molecule has 0 fully saturated rings. The van der Waals surface area contributed by atoms with E-state index < -0.39 is 0 Å². The van der Waals surface area contributed by atoms with Crippen molar-refractivity contribution < 1.29 is 9.26 Å². The number of nitrogens with one attached hydrogen (secondary N) is 1. The van der Waals surface area contributed by atoms with Crippen molar-refractivity contribution in [3.63, 3.8) is 0 Å². The van der Waals surface area contributed by atoms with Crippen LogP contribution in [0.2, 0.25) is 0 Å². The zero-order valence-corrected chi connectivity index (χ0v) is 16.1. The second-order valence-electron chi connectivity index (χ2n) is 5.98. The van der Waals surface area contributed by atoms with Crippen molar-refractivity contribution in [3.8, 4) is 17.1 Å². The molecule has 6 heteroatoms. The van der Waals surface area contributed by atoms with E-state index in [-0.39, 0.29) is 0 Å². The molecule has 0 aliphatic heterocycles. The van der Waals surface area contributed by atoms with Crippen LogP contribution in [0.5, 0.6) is 5.75 Å². The Kier molecular flexibility index (Phi) is 5.58. The summed E-state index contributed by atoms with van der Waals surface area (Å²) in [5, 5.41) is 7.48. The van der Waals surface area contributed by atoms with Gasteiger partial charge in [-0.15, -0.1) is 0 Å². The summed E-state index contributed by atoms with van der Waals surface area (Å²) in [6.45, 7) is 0.439. The van der Waals surface area contributed by atoms with Gasteiger partial charge in [0.1, 0.15) is 5.75 Å². The Bertz CT molecular complexity index is 1050. The van der Waals surface area contributed by atoms with Gasteiger partial charge >= 0.3 is 0 Å². The molecule has 0 radical (unpaired) electrons. The first-order valence-electron chi connectivity index (χ1n) is 8.85. The third-order valence-corrected chi connectivity index (χ3v) is 5.19. The van der Waals surface area contributed by atoms with Gasteiger partial charge in [0.15, 0.2) is 0 Å². The van der Waals surface area contributed by atoms with Crippen LogP contribution >= 0.6 is 11.8 Å². The molecule has 0 saturated heterocycles. The van der Waals surface area contributed by atoms with Crippen molar-refractivity contribution in [2.75, 3.05) is 12.4 Å². The van der Waals surface area contributed by atoms with Gasteiger partial charge in [-0.2, -0.15) is 4.98 Å². The highest BCUT2D eigenvalue weighted by Gasteiger charge is 2.13. The van der Waals surface area contributed by atoms with Gasteiger partial charge in [-0.1, -0.05) is 59.4 Å². The van der Waals surface area contributed by atoms with E-state index in [4.69, 9.17) is 9.26 Å². The number of ether oxygens (including phenoxy) is 1. The topological polar surface area (TPSA) is 60.2 Å². The van der Waals surface area contributed by atoms with Gasteiger partial charge in [-0.25, -0.2) is 0 Å². The molecule has 28 heavy (non-hydrogen) atoms. The van der Waals surface area contributed by atoms with Crippen LogP contribution in [0.15, 0.2) is 93.2 Å². The predicted molar refractivity (Wildman–Crippen MR) is 111 cm³/mol. The highest BCUT2D eigenvalue weighted by molar-refractivity contribution is 7.99. The second kappa shape index (κ2) is 8.63. The summed E-state index contributed by atoms with van der Waals surface area (Å²) in [4.78, 5) is 6.82. The number of benzene rings is 3. The maximum absolute atomic E-state index is 5.41. The average molecular weight is 389 g/mol. The van der Waals surface area contributed by atoms with E-state index in [1.54, 1.807) is 18.9 Å². The first-order chi connectivity index (χ1) is 13.8. The molecule has 1 aromatic heterocycles. The molecule has 0 aliphatic carbocycles. The van der Waals surface area contributed by atoms with E-state index in [1.165, 1.54) is 4.90 Å². The van der Waals surface area contributed by atoms with Crippen molar-refractivity contribution in [1.29, 1.82) is 0 Å². The third-order valence-electron chi connectivity index (χ3n) is 4.10. The standard InChI is InChI=1S/C22H19N3O2S/c1-26-19-13-7-5-11-17(19)22-24-21(27-25-22)15-23-18-12-6-8-14-20(18)28-16-9-3-2-4-10-16/h2-14,23H,15H2,1H3. The molecule has 0 atom stereocenters. The molecule has 0 saturated carbocycles. The van der Waals surface area contributed by atoms with Crippen LogP contribution in [-0.4, -0.2) is 17.3 Å². The quantitative estimate of drug-likeness (QED) is 0.450. The molecule has 0 amide bonds. The fraction of sp³-hybridized carbons (Fsp3) is 0.0909. The smallest absolute Gasteiger partial charge is 0.246 e. The van der Waals surface area contributed by atoms with Crippen molar-refractivity contribution in [3.05, 3.63) is 84.8 Å². The molecule has 0 aliphatic rings. The number of anilines is 1. The highest BCUT2D eigenvalue weighted by atomic mass is 32.2. The van der Waals surface area contributed by atoms with Gasteiger partial charge in [0.2, 0.25) is 11.7 Å². The van der Waals surface area contributed by atoms with Crippen LogP contribution in [-0.2, 0) is 6.54 Å². The summed E-state index contributed by atoms with van der Waals surface area (Å²) in [6, 6.07) is 26.1. The maximum Gasteiger partial charge on any atom is 0.246 e. The van der Waals surface area contributed by atoms with E-state index in [9.17, 15) is 0 Å². The molecule has 5 nitrogen and oxygen atoms in total. The number of hydrogen-bond donors (Lipinski definition) is 1. The van der Waals surface area contributed by atoms with Gasteiger partial charge < -0.3 is 14.6 Å². The molecule has 0 spiro atoms. The van der Waals surface area contributed by atoms with Crippen LogP contribution in [0.25, 0.3) is 11.4 Å². The molecule has 0 unspecified atom stereocenters. The number of nitrogens with zero attached hydrogens (tertiary/aromatic N) is 2.